The van der Waals surface area contributed by atoms with Crippen molar-refractivity contribution in [1.29, 1.82) is 0 Å². The molecule has 1 aromatic heterocycles. The Bertz CT molecular complexity index is 542. The topological polar surface area (TPSA) is 64.9 Å². The molecule has 1 atom stereocenters. The van der Waals surface area contributed by atoms with Gasteiger partial charge in [-0.25, -0.2) is 0 Å². The first-order valence-electron chi connectivity index (χ1n) is 5.76. The summed E-state index contributed by atoms with van der Waals surface area (Å²) in [7, 11) is 0. The summed E-state index contributed by atoms with van der Waals surface area (Å²) in [6.45, 7) is 4.43. The van der Waals surface area contributed by atoms with Gasteiger partial charge < -0.3 is 10.3 Å². The monoisotopic (exact) mass is 229 g/mol. The lowest BCUT2D eigenvalue weighted by atomic mass is 10.1. The summed E-state index contributed by atoms with van der Waals surface area (Å²) in [6, 6.07) is 7.49. The van der Waals surface area contributed by atoms with E-state index < -0.39 is 0 Å². The summed E-state index contributed by atoms with van der Waals surface area (Å²) in [5.74, 6) is 1.81. The molecule has 1 aliphatic carbocycles. The molecule has 1 unspecified atom stereocenters. The van der Waals surface area contributed by atoms with Crippen LogP contribution in [0.15, 0.2) is 28.8 Å². The largest absolute Gasteiger partial charge is 0.399 e. The molecule has 2 N–H and O–H groups in total. The number of nitrogen functional groups attached to an aromatic ring is 1. The van der Waals surface area contributed by atoms with Crippen LogP contribution >= 0.6 is 0 Å². The Morgan fingerprint density at radius 3 is 2.53 bits per heavy atom. The average molecular weight is 229 g/mol. The lowest BCUT2D eigenvalue weighted by Gasteiger charge is -1.96. The predicted octanol–water partition coefficient (Wildman–Crippen LogP) is 2.83. The van der Waals surface area contributed by atoms with Crippen molar-refractivity contribution in [3.05, 3.63) is 30.2 Å². The van der Waals surface area contributed by atoms with E-state index in [0.717, 1.165) is 23.6 Å². The molecule has 1 saturated carbocycles. The molecule has 88 valence electrons. The Labute approximate surface area is 99.8 Å². The summed E-state index contributed by atoms with van der Waals surface area (Å²) in [6.07, 6.45) is 1.12. The van der Waals surface area contributed by atoms with Crippen molar-refractivity contribution in [2.24, 2.45) is 5.41 Å². The normalized spacial score (nSPS) is 21.4. The minimum atomic E-state index is 0.310. The molecule has 1 heterocycles. The third kappa shape index (κ3) is 1.79. The van der Waals surface area contributed by atoms with E-state index in [2.05, 4.69) is 24.0 Å². The highest BCUT2D eigenvalue weighted by Gasteiger charge is 2.50. The number of rotatable bonds is 2. The van der Waals surface area contributed by atoms with E-state index in [-0.39, 0.29) is 0 Å². The van der Waals surface area contributed by atoms with E-state index >= 15 is 0 Å². The van der Waals surface area contributed by atoms with Gasteiger partial charge in [-0.15, -0.1) is 0 Å². The number of anilines is 1. The van der Waals surface area contributed by atoms with E-state index in [1.54, 1.807) is 0 Å². The van der Waals surface area contributed by atoms with Crippen molar-refractivity contribution in [1.82, 2.24) is 10.1 Å². The molecule has 0 spiro atoms. The molecule has 1 aliphatic rings. The fourth-order valence-corrected chi connectivity index (χ4v) is 2.01. The first kappa shape index (κ1) is 10.3. The average Bonchev–Trinajstić information content (AvgIpc) is 2.76. The molecular weight excluding hydrogens is 214 g/mol. The minimum absolute atomic E-state index is 0.310. The second kappa shape index (κ2) is 3.32. The fourth-order valence-electron chi connectivity index (χ4n) is 2.01. The van der Waals surface area contributed by atoms with Crippen LogP contribution in [0.3, 0.4) is 0 Å². The van der Waals surface area contributed by atoms with Crippen LogP contribution in [0.1, 0.15) is 32.1 Å². The van der Waals surface area contributed by atoms with E-state index in [1.807, 2.05) is 24.3 Å². The van der Waals surface area contributed by atoms with Gasteiger partial charge in [-0.2, -0.15) is 4.98 Å². The highest BCUT2D eigenvalue weighted by molar-refractivity contribution is 5.58. The van der Waals surface area contributed by atoms with E-state index in [4.69, 9.17) is 10.3 Å². The highest BCUT2D eigenvalue weighted by Crippen LogP contribution is 2.58. The molecule has 3 rings (SSSR count). The first-order valence-corrected chi connectivity index (χ1v) is 5.76. The maximum absolute atomic E-state index is 5.64. The summed E-state index contributed by atoms with van der Waals surface area (Å²) in [4.78, 5) is 4.45. The number of aromatic nitrogens is 2. The van der Waals surface area contributed by atoms with Gasteiger partial charge in [0, 0.05) is 17.2 Å². The zero-order valence-electron chi connectivity index (χ0n) is 9.97. The van der Waals surface area contributed by atoms with Crippen LogP contribution in [0.25, 0.3) is 11.4 Å². The minimum Gasteiger partial charge on any atom is -0.399 e. The molecule has 2 aromatic rings. The van der Waals surface area contributed by atoms with Crippen LogP contribution < -0.4 is 5.73 Å². The smallest absolute Gasteiger partial charge is 0.230 e. The Morgan fingerprint density at radius 1 is 1.29 bits per heavy atom. The molecule has 1 fully saturated rings. The van der Waals surface area contributed by atoms with Crippen molar-refractivity contribution >= 4 is 5.69 Å². The number of hydrogen-bond acceptors (Lipinski definition) is 4. The number of hydrogen-bond donors (Lipinski definition) is 1. The molecule has 1 aromatic carbocycles. The second-order valence-electron chi connectivity index (χ2n) is 5.32. The molecule has 0 aliphatic heterocycles. The summed E-state index contributed by atoms with van der Waals surface area (Å²) >= 11 is 0. The lowest BCUT2D eigenvalue weighted by Crippen LogP contribution is -1.90. The van der Waals surface area contributed by atoms with Crippen molar-refractivity contribution in [2.45, 2.75) is 26.2 Å². The van der Waals surface area contributed by atoms with Gasteiger partial charge in [0.15, 0.2) is 0 Å². The van der Waals surface area contributed by atoms with Crippen molar-refractivity contribution in [2.75, 3.05) is 5.73 Å². The fraction of sp³-hybridized carbons (Fsp3) is 0.385. The predicted molar refractivity (Wildman–Crippen MR) is 65.3 cm³/mol. The molecule has 0 amide bonds. The van der Waals surface area contributed by atoms with Crippen LogP contribution in [0.5, 0.6) is 0 Å². The van der Waals surface area contributed by atoms with Gasteiger partial charge in [-0.3, -0.25) is 0 Å². The Balaban J connectivity index is 1.88. The Kier molecular flexibility index (Phi) is 2.02. The van der Waals surface area contributed by atoms with Crippen LogP contribution in [-0.4, -0.2) is 10.1 Å². The van der Waals surface area contributed by atoms with Gasteiger partial charge in [0.2, 0.25) is 11.7 Å². The number of nitrogens with two attached hydrogens (primary N) is 1. The lowest BCUT2D eigenvalue weighted by molar-refractivity contribution is 0.368. The molecule has 0 saturated heterocycles. The molecule has 0 radical (unpaired) electrons. The molecule has 17 heavy (non-hydrogen) atoms. The first-order chi connectivity index (χ1) is 8.06. The van der Waals surface area contributed by atoms with E-state index in [9.17, 15) is 0 Å². The number of benzene rings is 1. The third-order valence-corrected chi connectivity index (χ3v) is 3.42. The standard InChI is InChI=1S/C13H15N3O/c1-13(2)7-10(13)12-15-11(16-17-12)8-3-5-9(14)6-4-8/h3-6,10H,7,14H2,1-2H3. The van der Waals surface area contributed by atoms with Gasteiger partial charge >= 0.3 is 0 Å². The van der Waals surface area contributed by atoms with Gasteiger partial charge in [0.1, 0.15) is 0 Å². The Hall–Kier alpha value is -1.84. The second-order valence-corrected chi connectivity index (χ2v) is 5.32. The van der Waals surface area contributed by atoms with E-state index in [0.29, 0.717) is 17.2 Å². The third-order valence-electron chi connectivity index (χ3n) is 3.42. The van der Waals surface area contributed by atoms with Crippen LogP contribution in [0.2, 0.25) is 0 Å². The van der Waals surface area contributed by atoms with Crippen LogP contribution in [-0.2, 0) is 0 Å². The summed E-state index contributed by atoms with van der Waals surface area (Å²) in [5.41, 5.74) is 7.62. The summed E-state index contributed by atoms with van der Waals surface area (Å²) < 4.78 is 5.32. The van der Waals surface area contributed by atoms with Crippen molar-refractivity contribution in [3.8, 4) is 11.4 Å². The quantitative estimate of drug-likeness (QED) is 0.804. The van der Waals surface area contributed by atoms with Crippen LogP contribution in [0, 0.1) is 5.41 Å². The molecule has 0 bridgehead atoms. The number of nitrogens with zero attached hydrogens (tertiary/aromatic N) is 2. The van der Waals surface area contributed by atoms with E-state index in [1.165, 1.54) is 0 Å². The zero-order chi connectivity index (χ0) is 12.0. The van der Waals surface area contributed by atoms with Gasteiger partial charge in [-0.1, -0.05) is 19.0 Å². The molecule has 4 heteroatoms. The molecule has 4 nitrogen and oxygen atoms in total. The maximum Gasteiger partial charge on any atom is 0.230 e. The van der Waals surface area contributed by atoms with Crippen LogP contribution in [0.4, 0.5) is 5.69 Å². The van der Waals surface area contributed by atoms with Gasteiger partial charge in [0.05, 0.1) is 0 Å². The summed E-state index contributed by atoms with van der Waals surface area (Å²) in [5, 5.41) is 4.02. The van der Waals surface area contributed by atoms with Crippen molar-refractivity contribution in [3.63, 3.8) is 0 Å². The maximum atomic E-state index is 5.64. The van der Waals surface area contributed by atoms with Crippen molar-refractivity contribution < 1.29 is 4.52 Å². The van der Waals surface area contributed by atoms with Gasteiger partial charge in [-0.05, 0) is 36.1 Å². The SMILES string of the molecule is CC1(C)CC1c1nc(-c2ccc(N)cc2)no1. The Morgan fingerprint density at radius 2 is 1.94 bits per heavy atom. The van der Waals surface area contributed by atoms with Gasteiger partial charge in [0.25, 0.3) is 0 Å². The molecular formula is C13H15N3O. The zero-order valence-corrected chi connectivity index (χ0v) is 9.97. The highest BCUT2D eigenvalue weighted by atomic mass is 16.5.